The second-order valence-corrected chi connectivity index (χ2v) is 4.30. The Bertz CT molecular complexity index is 458. The zero-order valence-electron chi connectivity index (χ0n) is 10.2. The van der Waals surface area contributed by atoms with Crippen LogP contribution in [-0.2, 0) is 10.9 Å². The van der Waals surface area contributed by atoms with Crippen molar-refractivity contribution in [3.05, 3.63) is 35.4 Å². The quantitative estimate of drug-likeness (QED) is 0.828. The average Bonchev–Trinajstić information content (AvgIpc) is 2.40. The van der Waals surface area contributed by atoms with Crippen LogP contribution in [0.4, 0.5) is 13.2 Å². The van der Waals surface area contributed by atoms with E-state index in [0.29, 0.717) is 31.9 Å². The molecular formula is C13H13F3N2O. The third-order valence-corrected chi connectivity index (χ3v) is 3.09. The fourth-order valence-electron chi connectivity index (χ4n) is 2.06. The minimum Gasteiger partial charge on any atom is -0.379 e. The van der Waals surface area contributed by atoms with Crippen molar-refractivity contribution in [2.24, 2.45) is 0 Å². The zero-order valence-corrected chi connectivity index (χ0v) is 10.2. The molecule has 19 heavy (non-hydrogen) atoms. The first-order chi connectivity index (χ1) is 9.02. The molecule has 0 N–H and O–H groups in total. The van der Waals surface area contributed by atoms with Gasteiger partial charge >= 0.3 is 6.18 Å². The highest BCUT2D eigenvalue weighted by Crippen LogP contribution is 2.30. The first kappa shape index (κ1) is 13.8. The van der Waals surface area contributed by atoms with Crippen LogP contribution in [0.5, 0.6) is 0 Å². The molecule has 1 aliphatic rings. The van der Waals surface area contributed by atoms with E-state index in [1.807, 2.05) is 4.90 Å². The molecule has 1 fully saturated rings. The summed E-state index contributed by atoms with van der Waals surface area (Å²) in [5, 5.41) is 9.21. The molecule has 0 spiro atoms. The average molecular weight is 270 g/mol. The maximum absolute atomic E-state index is 12.5. The number of halogens is 3. The normalized spacial score (nSPS) is 18.8. The Morgan fingerprint density at radius 3 is 2.21 bits per heavy atom. The Labute approximate surface area is 109 Å². The molecule has 6 heteroatoms. The molecule has 0 aromatic heterocycles. The van der Waals surface area contributed by atoms with E-state index in [0.717, 1.165) is 12.1 Å². The van der Waals surface area contributed by atoms with Crippen molar-refractivity contribution < 1.29 is 17.9 Å². The summed E-state index contributed by atoms with van der Waals surface area (Å²) in [5.74, 6) is 0. The lowest BCUT2D eigenvalue weighted by Gasteiger charge is -2.30. The monoisotopic (exact) mass is 270 g/mol. The van der Waals surface area contributed by atoms with Gasteiger partial charge in [0.2, 0.25) is 0 Å². The summed E-state index contributed by atoms with van der Waals surface area (Å²) >= 11 is 0. The molecule has 1 atom stereocenters. The Hall–Kier alpha value is -1.58. The van der Waals surface area contributed by atoms with Crippen LogP contribution in [0.3, 0.4) is 0 Å². The molecule has 0 radical (unpaired) electrons. The summed E-state index contributed by atoms with van der Waals surface area (Å²) in [7, 11) is 0. The van der Waals surface area contributed by atoms with Crippen molar-refractivity contribution in [2.75, 3.05) is 26.3 Å². The molecule has 0 amide bonds. The van der Waals surface area contributed by atoms with Gasteiger partial charge < -0.3 is 4.74 Å². The minimum atomic E-state index is -4.35. The molecule has 1 aromatic carbocycles. The van der Waals surface area contributed by atoms with Gasteiger partial charge in [0.1, 0.15) is 6.04 Å². The Kier molecular flexibility index (Phi) is 4.08. The third-order valence-electron chi connectivity index (χ3n) is 3.09. The van der Waals surface area contributed by atoms with Gasteiger partial charge in [-0.15, -0.1) is 0 Å². The van der Waals surface area contributed by atoms with Crippen LogP contribution in [0.15, 0.2) is 24.3 Å². The predicted molar refractivity (Wildman–Crippen MR) is 62.2 cm³/mol. The Balaban J connectivity index is 2.17. The van der Waals surface area contributed by atoms with E-state index in [2.05, 4.69) is 6.07 Å². The van der Waals surface area contributed by atoms with E-state index in [1.165, 1.54) is 12.1 Å². The topological polar surface area (TPSA) is 36.3 Å². The second kappa shape index (κ2) is 5.59. The van der Waals surface area contributed by atoms with Crippen molar-refractivity contribution in [1.82, 2.24) is 4.90 Å². The highest BCUT2D eigenvalue weighted by molar-refractivity contribution is 5.29. The molecule has 2 rings (SSSR count). The van der Waals surface area contributed by atoms with Crippen molar-refractivity contribution in [3.8, 4) is 6.07 Å². The first-order valence-corrected chi connectivity index (χ1v) is 5.91. The van der Waals surface area contributed by atoms with Gasteiger partial charge in [0.25, 0.3) is 0 Å². The molecule has 1 saturated heterocycles. The highest BCUT2D eigenvalue weighted by Gasteiger charge is 2.30. The molecular weight excluding hydrogens is 257 g/mol. The molecule has 1 aliphatic heterocycles. The number of alkyl halides is 3. The fraction of sp³-hybridized carbons (Fsp3) is 0.462. The lowest BCUT2D eigenvalue weighted by atomic mass is 10.0. The third kappa shape index (κ3) is 3.25. The van der Waals surface area contributed by atoms with E-state index in [9.17, 15) is 18.4 Å². The fourth-order valence-corrected chi connectivity index (χ4v) is 2.06. The standard InChI is InChI=1S/C13H13F3N2O/c14-13(15,16)11-3-1-10(2-4-11)12(9-17)18-5-7-19-8-6-18/h1-4,12H,5-8H2/t12-/m0/s1. The second-order valence-electron chi connectivity index (χ2n) is 4.30. The molecule has 0 unspecified atom stereocenters. The molecule has 0 bridgehead atoms. The number of nitriles is 1. The molecule has 0 aliphatic carbocycles. The van der Waals surface area contributed by atoms with Gasteiger partial charge in [0.05, 0.1) is 24.8 Å². The van der Waals surface area contributed by atoms with Crippen molar-refractivity contribution in [1.29, 1.82) is 5.26 Å². The van der Waals surface area contributed by atoms with E-state index in [4.69, 9.17) is 4.74 Å². The molecule has 102 valence electrons. The van der Waals surface area contributed by atoms with Gasteiger partial charge in [-0.3, -0.25) is 4.90 Å². The summed E-state index contributed by atoms with van der Waals surface area (Å²) in [6.07, 6.45) is -4.35. The maximum atomic E-state index is 12.5. The van der Waals surface area contributed by atoms with Crippen molar-refractivity contribution >= 4 is 0 Å². The molecule has 1 aromatic rings. The van der Waals surface area contributed by atoms with Crippen LogP contribution in [0.25, 0.3) is 0 Å². The van der Waals surface area contributed by atoms with E-state index < -0.39 is 17.8 Å². The number of nitrogens with zero attached hydrogens (tertiary/aromatic N) is 2. The lowest BCUT2D eigenvalue weighted by molar-refractivity contribution is -0.137. The summed E-state index contributed by atoms with van der Waals surface area (Å²) in [6, 6.07) is 6.38. The summed E-state index contributed by atoms with van der Waals surface area (Å²) in [5.41, 5.74) is -0.118. The number of hydrogen-bond acceptors (Lipinski definition) is 3. The summed E-state index contributed by atoms with van der Waals surface area (Å²) < 4.78 is 42.6. The van der Waals surface area contributed by atoms with Gasteiger partial charge in [0.15, 0.2) is 0 Å². The molecule has 3 nitrogen and oxygen atoms in total. The smallest absolute Gasteiger partial charge is 0.379 e. The van der Waals surface area contributed by atoms with Crippen molar-refractivity contribution in [3.63, 3.8) is 0 Å². The first-order valence-electron chi connectivity index (χ1n) is 5.91. The number of ether oxygens (including phenoxy) is 1. The van der Waals surface area contributed by atoms with Crippen LogP contribution in [-0.4, -0.2) is 31.2 Å². The number of hydrogen-bond donors (Lipinski definition) is 0. The van der Waals surface area contributed by atoms with Gasteiger partial charge in [-0.2, -0.15) is 18.4 Å². The van der Waals surface area contributed by atoms with Crippen LogP contribution >= 0.6 is 0 Å². The Morgan fingerprint density at radius 2 is 1.74 bits per heavy atom. The van der Waals surface area contributed by atoms with Crippen LogP contribution < -0.4 is 0 Å². The van der Waals surface area contributed by atoms with Gasteiger partial charge in [-0.1, -0.05) is 12.1 Å². The van der Waals surface area contributed by atoms with Gasteiger partial charge in [0, 0.05) is 13.1 Å². The number of rotatable bonds is 2. The lowest BCUT2D eigenvalue weighted by Crippen LogP contribution is -2.38. The van der Waals surface area contributed by atoms with Crippen LogP contribution in [0.1, 0.15) is 17.2 Å². The van der Waals surface area contributed by atoms with Gasteiger partial charge in [-0.25, -0.2) is 0 Å². The molecule has 1 heterocycles. The van der Waals surface area contributed by atoms with Crippen molar-refractivity contribution in [2.45, 2.75) is 12.2 Å². The Morgan fingerprint density at radius 1 is 1.16 bits per heavy atom. The number of benzene rings is 1. The SMILES string of the molecule is N#C[C@@H](c1ccc(C(F)(F)F)cc1)N1CCOCC1. The van der Waals surface area contributed by atoms with E-state index in [1.54, 1.807) is 0 Å². The number of morpholine rings is 1. The zero-order chi connectivity index (χ0) is 13.9. The van der Waals surface area contributed by atoms with E-state index in [-0.39, 0.29) is 0 Å². The predicted octanol–water partition coefficient (Wildman–Crippen LogP) is 2.60. The van der Waals surface area contributed by atoms with E-state index >= 15 is 0 Å². The van der Waals surface area contributed by atoms with Gasteiger partial charge in [-0.05, 0) is 17.7 Å². The minimum absolute atomic E-state index is 0.522. The highest BCUT2D eigenvalue weighted by atomic mass is 19.4. The van der Waals surface area contributed by atoms with Crippen LogP contribution in [0, 0.1) is 11.3 Å². The van der Waals surface area contributed by atoms with Crippen LogP contribution in [0.2, 0.25) is 0 Å². The summed E-state index contributed by atoms with van der Waals surface area (Å²) in [6.45, 7) is 2.30. The maximum Gasteiger partial charge on any atom is 0.416 e. The largest absolute Gasteiger partial charge is 0.416 e. The summed E-state index contributed by atoms with van der Waals surface area (Å²) in [4.78, 5) is 1.91. The molecule has 0 saturated carbocycles.